The van der Waals surface area contributed by atoms with Crippen molar-refractivity contribution in [2.24, 2.45) is 5.73 Å². The van der Waals surface area contributed by atoms with Gasteiger partial charge in [0.25, 0.3) is 0 Å². The van der Waals surface area contributed by atoms with Gasteiger partial charge in [0, 0.05) is 6.54 Å². The molecule has 0 saturated carbocycles. The maximum absolute atomic E-state index is 12.0. The standard InChI is InChI=1S/C15H20N2O4/c1-9-2-4-10(5-3-9)13(16)14(18)17-8-11-6-7-12(21-11)15(19)20/h2-5,11-13H,6-8,16H2,1H3,(H,17,18)(H,19,20). The van der Waals surface area contributed by atoms with Gasteiger partial charge in [-0.25, -0.2) is 4.79 Å². The summed E-state index contributed by atoms with van der Waals surface area (Å²) in [5, 5.41) is 11.6. The van der Waals surface area contributed by atoms with E-state index in [-0.39, 0.29) is 18.6 Å². The normalized spacial score (nSPS) is 22.8. The Balaban J connectivity index is 1.82. The molecule has 1 aliphatic rings. The Morgan fingerprint density at radius 3 is 2.62 bits per heavy atom. The average Bonchev–Trinajstić information content (AvgIpc) is 2.94. The highest BCUT2D eigenvalue weighted by atomic mass is 16.5. The zero-order chi connectivity index (χ0) is 15.4. The second-order valence-electron chi connectivity index (χ2n) is 5.30. The molecule has 0 spiro atoms. The molecule has 21 heavy (non-hydrogen) atoms. The topological polar surface area (TPSA) is 102 Å². The number of carbonyl (C=O) groups excluding carboxylic acids is 1. The molecular formula is C15H20N2O4. The van der Waals surface area contributed by atoms with Crippen LogP contribution in [-0.2, 0) is 14.3 Å². The van der Waals surface area contributed by atoms with Gasteiger partial charge in [0.2, 0.25) is 5.91 Å². The summed E-state index contributed by atoms with van der Waals surface area (Å²) in [7, 11) is 0. The van der Waals surface area contributed by atoms with Crippen LogP contribution in [0.15, 0.2) is 24.3 Å². The monoisotopic (exact) mass is 292 g/mol. The van der Waals surface area contributed by atoms with E-state index in [0.29, 0.717) is 12.8 Å². The quantitative estimate of drug-likeness (QED) is 0.743. The van der Waals surface area contributed by atoms with Gasteiger partial charge in [0.1, 0.15) is 6.04 Å². The minimum atomic E-state index is -0.958. The smallest absolute Gasteiger partial charge is 0.332 e. The molecule has 1 aliphatic heterocycles. The second-order valence-corrected chi connectivity index (χ2v) is 5.30. The molecule has 1 fully saturated rings. The Morgan fingerprint density at radius 2 is 2.05 bits per heavy atom. The molecule has 0 bridgehead atoms. The number of carboxylic acid groups (broad SMARTS) is 1. The minimum Gasteiger partial charge on any atom is -0.479 e. The molecule has 1 aromatic rings. The van der Waals surface area contributed by atoms with Crippen LogP contribution in [-0.4, -0.2) is 35.7 Å². The number of ether oxygens (including phenoxy) is 1. The first-order valence-corrected chi connectivity index (χ1v) is 6.95. The van der Waals surface area contributed by atoms with Crippen LogP contribution in [0.3, 0.4) is 0 Å². The number of carbonyl (C=O) groups is 2. The van der Waals surface area contributed by atoms with Gasteiger partial charge in [0.05, 0.1) is 6.10 Å². The molecule has 3 unspecified atom stereocenters. The van der Waals surface area contributed by atoms with Gasteiger partial charge in [-0.2, -0.15) is 0 Å². The van der Waals surface area contributed by atoms with E-state index in [9.17, 15) is 9.59 Å². The summed E-state index contributed by atoms with van der Waals surface area (Å²) in [5.74, 6) is -1.25. The van der Waals surface area contributed by atoms with Gasteiger partial charge in [0.15, 0.2) is 6.10 Å². The van der Waals surface area contributed by atoms with Crippen LogP contribution in [0.5, 0.6) is 0 Å². The van der Waals surface area contributed by atoms with Crippen molar-refractivity contribution in [2.75, 3.05) is 6.54 Å². The number of carboxylic acids is 1. The Morgan fingerprint density at radius 1 is 1.38 bits per heavy atom. The summed E-state index contributed by atoms with van der Waals surface area (Å²) >= 11 is 0. The first-order chi connectivity index (χ1) is 9.97. The third kappa shape index (κ3) is 4.03. The van der Waals surface area contributed by atoms with E-state index in [0.717, 1.165) is 11.1 Å². The number of amides is 1. The van der Waals surface area contributed by atoms with Gasteiger partial charge < -0.3 is 20.9 Å². The van der Waals surface area contributed by atoms with Crippen LogP contribution in [0, 0.1) is 6.92 Å². The molecule has 1 amide bonds. The van der Waals surface area contributed by atoms with Crippen molar-refractivity contribution >= 4 is 11.9 Å². The van der Waals surface area contributed by atoms with Crippen LogP contribution < -0.4 is 11.1 Å². The van der Waals surface area contributed by atoms with Crippen LogP contribution in [0.1, 0.15) is 30.0 Å². The first kappa shape index (κ1) is 15.5. The Bertz CT molecular complexity index is 515. The fraction of sp³-hybridized carbons (Fsp3) is 0.467. The van der Waals surface area contributed by atoms with E-state index in [2.05, 4.69) is 5.32 Å². The van der Waals surface area contributed by atoms with Crippen molar-refractivity contribution in [3.63, 3.8) is 0 Å². The highest BCUT2D eigenvalue weighted by Gasteiger charge is 2.30. The van der Waals surface area contributed by atoms with Crippen molar-refractivity contribution in [2.45, 2.75) is 38.0 Å². The number of rotatable bonds is 5. The third-order valence-electron chi connectivity index (χ3n) is 3.61. The van der Waals surface area contributed by atoms with Crippen LogP contribution in [0.2, 0.25) is 0 Å². The summed E-state index contributed by atoms with van der Waals surface area (Å²) in [6, 6.07) is 6.72. The van der Waals surface area contributed by atoms with E-state index in [1.165, 1.54) is 0 Å². The van der Waals surface area contributed by atoms with E-state index < -0.39 is 18.1 Å². The van der Waals surface area contributed by atoms with E-state index in [4.69, 9.17) is 15.6 Å². The molecule has 2 rings (SSSR count). The molecule has 0 aromatic heterocycles. The molecule has 0 radical (unpaired) electrons. The third-order valence-corrected chi connectivity index (χ3v) is 3.61. The van der Waals surface area contributed by atoms with Crippen molar-refractivity contribution in [3.05, 3.63) is 35.4 Å². The van der Waals surface area contributed by atoms with Gasteiger partial charge in [-0.05, 0) is 25.3 Å². The largest absolute Gasteiger partial charge is 0.479 e. The summed E-state index contributed by atoms with van der Waals surface area (Å²) in [4.78, 5) is 22.8. The molecule has 6 nitrogen and oxygen atoms in total. The van der Waals surface area contributed by atoms with Crippen LogP contribution in [0.25, 0.3) is 0 Å². The predicted octanol–water partition coefficient (Wildman–Crippen LogP) is 0.743. The maximum Gasteiger partial charge on any atom is 0.332 e. The zero-order valence-electron chi connectivity index (χ0n) is 11.9. The average molecular weight is 292 g/mol. The van der Waals surface area contributed by atoms with Gasteiger partial charge >= 0.3 is 5.97 Å². The molecular weight excluding hydrogens is 272 g/mol. The number of hydrogen-bond acceptors (Lipinski definition) is 4. The Kier molecular flexibility index (Phi) is 4.93. The van der Waals surface area contributed by atoms with E-state index in [1.54, 1.807) is 0 Å². The summed E-state index contributed by atoms with van der Waals surface area (Å²) < 4.78 is 5.32. The lowest BCUT2D eigenvalue weighted by atomic mass is 10.1. The van der Waals surface area contributed by atoms with Crippen molar-refractivity contribution in [1.29, 1.82) is 0 Å². The molecule has 3 atom stereocenters. The van der Waals surface area contributed by atoms with E-state index >= 15 is 0 Å². The number of nitrogens with two attached hydrogens (primary N) is 1. The lowest BCUT2D eigenvalue weighted by Gasteiger charge is -2.16. The lowest BCUT2D eigenvalue weighted by molar-refractivity contribution is -0.149. The van der Waals surface area contributed by atoms with Crippen molar-refractivity contribution < 1.29 is 19.4 Å². The highest BCUT2D eigenvalue weighted by Crippen LogP contribution is 2.19. The second kappa shape index (κ2) is 6.69. The number of hydrogen-bond donors (Lipinski definition) is 3. The van der Waals surface area contributed by atoms with E-state index in [1.807, 2.05) is 31.2 Å². The molecule has 1 saturated heterocycles. The van der Waals surface area contributed by atoms with Gasteiger partial charge in [-0.15, -0.1) is 0 Å². The SMILES string of the molecule is Cc1ccc(C(N)C(=O)NCC2CCC(C(=O)O)O2)cc1. The Labute approximate surface area is 123 Å². The van der Waals surface area contributed by atoms with Crippen LogP contribution >= 0.6 is 0 Å². The molecule has 1 aromatic carbocycles. The Hall–Kier alpha value is -1.92. The predicted molar refractivity (Wildman–Crippen MR) is 76.6 cm³/mol. The highest BCUT2D eigenvalue weighted by molar-refractivity contribution is 5.83. The minimum absolute atomic E-state index is 0.264. The zero-order valence-corrected chi connectivity index (χ0v) is 11.9. The molecule has 0 aliphatic carbocycles. The summed E-state index contributed by atoms with van der Waals surface area (Å²) in [6.07, 6.45) is 0.0645. The number of aryl methyl sites for hydroxylation is 1. The van der Waals surface area contributed by atoms with Gasteiger partial charge in [-0.3, -0.25) is 4.79 Å². The molecule has 4 N–H and O–H groups in total. The number of aliphatic carboxylic acids is 1. The maximum atomic E-state index is 12.0. The first-order valence-electron chi connectivity index (χ1n) is 6.95. The number of benzene rings is 1. The summed E-state index contributed by atoms with van der Waals surface area (Å²) in [6.45, 7) is 2.24. The van der Waals surface area contributed by atoms with Crippen molar-refractivity contribution in [1.82, 2.24) is 5.32 Å². The van der Waals surface area contributed by atoms with Crippen molar-refractivity contribution in [3.8, 4) is 0 Å². The molecule has 6 heteroatoms. The van der Waals surface area contributed by atoms with Crippen LogP contribution in [0.4, 0.5) is 0 Å². The summed E-state index contributed by atoms with van der Waals surface area (Å²) in [5.41, 5.74) is 7.75. The fourth-order valence-corrected chi connectivity index (χ4v) is 2.29. The molecule has 1 heterocycles. The fourth-order valence-electron chi connectivity index (χ4n) is 2.29. The molecule has 114 valence electrons. The lowest BCUT2D eigenvalue weighted by Crippen LogP contribution is -2.38. The number of nitrogens with one attached hydrogen (secondary N) is 1. The van der Waals surface area contributed by atoms with Gasteiger partial charge in [-0.1, -0.05) is 29.8 Å².